The zero-order chi connectivity index (χ0) is 12.3. The molecule has 2 rings (SSSR count). The van der Waals surface area contributed by atoms with Crippen molar-refractivity contribution in [2.24, 2.45) is 7.05 Å². The zero-order valence-corrected chi connectivity index (χ0v) is 10.6. The van der Waals surface area contributed by atoms with Crippen LogP contribution in [0.3, 0.4) is 0 Å². The van der Waals surface area contributed by atoms with E-state index < -0.39 is 0 Å². The van der Waals surface area contributed by atoms with Crippen LogP contribution >= 0.6 is 0 Å². The molecule has 1 heterocycles. The molecule has 0 aliphatic rings. The van der Waals surface area contributed by atoms with Crippen molar-refractivity contribution in [3.05, 3.63) is 53.3 Å². The molecule has 0 bridgehead atoms. The van der Waals surface area contributed by atoms with Gasteiger partial charge < -0.3 is 5.32 Å². The summed E-state index contributed by atoms with van der Waals surface area (Å²) < 4.78 is 1.84. The second-order valence-corrected chi connectivity index (χ2v) is 4.48. The van der Waals surface area contributed by atoms with Crippen LogP contribution in [0.5, 0.6) is 0 Å². The molecule has 0 aliphatic carbocycles. The molecule has 0 aliphatic heterocycles. The maximum Gasteiger partial charge on any atom is 0.0537 e. The Morgan fingerprint density at radius 2 is 2.24 bits per heavy atom. The molecular formula is C14H19N3. The van der Waals surface area contributed by atoms with Gasteiger partial charge in [-0.15, -0.1) is 0 Å². The van der Waals surface area contributed by atoms with Gasteiger partial charge in [-0.1, -0.05) is 29.8 Å². The van der Waals surface area contributed by atoms with E-state index in [0.717, 1.165) is 6.42 Å². The number of aryl methyl sites for hydroxylation is 2. The van der Waals surface area contributed by atoms with Crippen LogP contribution in [0.15, 0.2) is 36.7 Å². The van der Waals surface area contributed by atoms with Crippen LogP contribution in [0, 0.1) is 6.92 Å². The van der Waals surface area contributed by atoms with E-state index in [4.69, 9.17) is 0 Å². The Kier molecular flexibility index (Phi) is 3.59. The maximum atomic E-state index is 4.22. The van der Waals surface area contributed by atoms with Crippen molar-refractivity contribution in [3.63, 3.8) is 0 Å². The summed E-state index contributed by atoms with van der Waals surface area (Å²) in [5.74, 6) is 0. The summed E-state index contributed by atoms with van der Waals surface area (Å²) in [6, 6.07) is 8.97. The second kappa shape index (κ2) is 5.15. The predicted octanol–water partition coefficient (Wildman–Crippen LogP) is 2.23. The van der Waals surface area contributed by atoms with Gasteiger partial charge in [0.1, 0.15) is 0 Å². The van der Waals surface area contributed by atoms with Crippen LogP contribution in [-0.4, -0.2) is 16.8 Å². The average Bonchev–Trinajstić information content (AvgIpc) is 2.73. The van der Waals surface area contributed by atoms with Gasteiger partial charge in [0.2, 0.25) is 0 Å². The van der Waals surface area contributed by atoms with Crippen molar-refractivity contribution < 1.29 is 0 Å². The second-order valence-electron chi connectivity index (χ2n) is 4.48. The van der Waals surface area contributed by atoms with Crippen molar-refractivity contribution in [1.82, 2.24) is 15.1 Å². The van der Waals surface area contributed by atoms with Crippen LogP contribution < -0.4 is 5.32 Å². The third-order valence-corrected chi connectivity index (χ3v) is 3.00. The Morgan fingerprint density at radius 3 is 2.82 bits per heavy atom. The van der Waals surface area contributed by atoms with Crippen molar-refractivity contribution in [1.29, 1.82) is 0 Å². The molecular weight excluding hydrogens is 210 g/mol. The Morgan fingerprint density at radius 1 is 1.41 bits per heavy atom. The molecule has 0 fully saturated rings. The van der Waals surface area contributed by atoms with Gasteiger partial charge in [-0.05, 0) is 26.0 Å². The zero-order valence-electron chi connectivity index (χ0n) is 10.6. The number of rotatable bonds is 4. The largest absolute Gasteiger partial charge is 0.313 e. The lowest BCUT2D eigenvalue weighted by Crippen LogP contribution is -2.18. The van der Waals surface area contributed by atoms with Crippen LogP contribution in [0.1, 0.15) is 22.7 Å². The molecule has 17 heavy (non-hydrogen) atoms. The number of hydrogen-bond acceptors (Lipinski definition) is 2. The fourth-order valence-electron chi connectivity index (χ4n) is 2.08. The SMILES string of the molecule is CNC(Cc1cccc(C)c1)c1cnn(C)c1. The molecule has 1 aromatic heterocycles. The molecule has 3 nitrogen and oxygen atoms in total. The lowest BCUT2D eigenvalue weighted by molar-refractivity contribution is 0.591. The Hall–Kier alpha value is -1.61. The fourth-order valence-corrected chi connectivity index (χ4v) is 2.08. The van der Waals surface area contributed by atoms with E-state index in [1.165, 1.54) is 16.7 Å². The summed E-state index contributed by atoms with van der Waals surface area (Å²) in [7, 11) is 3.94. The van der Waals surface area contributed by atoms with Gasteiger partial charge in [0.05, 0.1) is 6.20 Å². The van der Waals surface area contributed by atoms with E-state index in [-0.39, 0.29) is 0 Å². The summed E-state index contributed by atoms with van der Waals surface area (Å²) in [4.78, 5) is 0. The third-order valence-electron chi connectivity index (χ3n) is 3.00. The lowest BCUT2D eigenvalue weighted by Gasteiger charge is -2.14. The minimum atomic E-state index is 0.325. The molecule has 0 amide bonds. The highest BCUT2D eigenvalue weighted by atomic mass is 15.2. The minimum absolute atomic E-state index is 0.325. The van der Waals surface area contributed by atoms with Gasteiger partial charge in [-0.3, -0.25) is 4.68 Å². The number of aromatic nitrogens is 2. The van der Waals surface area contributed by atoms with Gasteiger partial charge in [-0.2, -0.15) is 5.10 Å². The van der Waals surface area contributed by atoms with Gasteiger partial charge >= 0.3 is 0 Å². The first-order chi connectivity index (χ1) is 8.19. The molecule has 0 spiro atoms. The number of nitrogens with zero attached hydrogens (tertiary/aromatic N) is 2. The molecule has 90 valence electrons. The molecule has 1 N–H and O–H groups in total. The molecule has 0 saturated heterocycles. The molecule has 1 atom stereocenters. The Balaban J connectivity index is 2.15. The maximum absolute atomic E-state index is 4.22. The predicted molar refractivity (Wildman–Crippen MR) is 69.9 cm³/mol. The molecule has 0 radical (unpaired) electrons. The molecule has 1 aromatic carbocycles. The standard InChI is InChI=1S/C14H19N3/c1-11-5-4-6-12(7-11)8-14(15-2)13-9-16-17(3)10-13/h4-7,9-10,14-15H,8H2,1-3H3. The van der Waals surface area contributed by atoms with E-state index in [2.05, 4.69) is 47.8 Å². The topological polar surface area (TPSA) is 29.9 Å². The third kappa shape index (κ3) is 2.94. The van der Waals surface area contributed by atoms with Crippen LogP contribution in [0.2, 0.25) is 0 Å². The fraction of sp³-hybridized carbons (Fsp3) is 0.357. The number of hydrogen-bond donors (Lipinski definition) is 1. The molecule has 3 heteroatoms. The summed E-state index contributed by atoms with van der Waals surface area (Å²) in [5, 5.41) is 7.57. The summed E-state index contributed by atoms with van der Waals surface area (Å²) in [5.41, 5.74) is 3.90. The lowest BCUT2D eigenvalue weighted by atomic mass is 10.0. The first-order valence-electron chi connectivity index (χ1n) is 5.90. The van der Waals surface area contributed by atoms with Crippen LogP contribution in [-0.2, 0) is 13.5 Å². The summed E-state index contributed by atoms with van der Waals surface area (Å²) in [6.07, 6.45) is 4.98. The van der Waals surface area contributed by atoms with Crippen molar-refractivity contribution in [2.45, 2.75) is 19.4 Å². The molecule has 2 aromatic rings. The average molecular weight is 229 g/mol. The normalized spacial score (nSPS) is 12.6. The van der Waals surface area contributed by atoms with Gasteiger partial charge in [-0.25, -0.2) is 0 Å². The Bertz CT molecular complexity index is 488. The van der Waals surface area contributed by atoms with E-state index in [1.54, 1.807) is 0 Å². The van der Waals surface area contributed by atoms with E-state index in [9.17, 15) is 0 Å². The smallest absolute Gasteiger partial charge is 0.0537 e. The van der Waals surface area contributed by atoms with Gasteiger partial charge in [0.25, 0.3) is 0 Å². The minimum Gasteiger partial charge on any atom is -0.313 e. The highest BCUT2D eigenvalue weighted by Crippen LogP contribution is 2.17. The summed E-state index contributed by atoms with van der Waals surface area (Å²) in [6.45, 7) is 2.13. The quantitative estimate of drug-likeness (QED) is 0.871. The van der Waals surface area contributed by atoms with Crippen molar-refractivity contribution in [2.75, 3.05) is 7.05 Å². The molecule has 1 unspecified atom stereocenters. The Labute approximate surface area is 102 Å². The highest BCUT2D eigenvalue weighted by molar-refractivity contribution is 5.25. The van der Waals surface area contributed by atoms with E-state index in [0.29, 0.717) is 6.04 Å². The molecule has 0 saturated carbocycles. The van der Waals surface area contributed by atoms with Crippen LogP contribution in [0.25, 0.3) is 0 Å². The van der Waals surface area contributed by atoms with Crippen molar-refractivity contribution >= 4 is 0 Å². The van der Waals surface area contributed by atoms with Crippen molar-refractivity contribution in [3.8, 4) is 0 Å². The summed E-state index contributed by atoms with van der Waals surface area (Å²) >= 11 is 0. The first-order valence-corrected chi connectivity index (χ1v) is 5.90. The van der Waals surface area contributed by atoms with Gasteiger partial charge in [0, 0.05) is 24.8 Å². The number of likely N-dealkylation sites (N-methyl/N-ethyl adjacent to an activating group) is 1. The van der Waals surface area contributed by atoms with E-state index in [1.807, 2.05) is 25.0 Å². The highest BCUT2D eigenvalue weighted by Gasteiger charge is 2.11. The van der Waals surface area contributed by atoms with E-state index >= 15 is 0 Å². The first kappa shape index (κ1) is 11.9. The monoisotopic (exact) mass is 229 g/mol. The number of benzene rings is 1. The van der Waals surface area contributed by atoms with Crippen LogP contribution in [0.4, 0.5) is 0 Å². The number of nitrogens with one attached hydrogen (secondary N) is 1. The van der Waals surface area contributed by atoms with Gasteiger partial charge in [0.15, 0.2) is 0 Å².